The van der Waals surface area contributed by atoms with Crippen molar-refractivity contribution < 1.29 is 14.3 Å². The van der Waals surface area contributed by atoms with Gasteiger partial charge in [0.05, 0.1) is 11.8 Å². The van der Waals surface area contributed by atoms with Crippen molar-refractivity contribution in [1.29, 1.82) is 0 Å². The molecule has 0 aromatic heterocycles. The van der Waals surface area contributed by atoms with Crippen molar-refractivity contribution in [2.24, 2.45) is 11.8 Å². The Balaban J connectivity index is 1.90. The van der Waals surface area contributed by atoms with E-state index in [1.165, 1.54) is 0 Å². The first kappa shape index (κ1) is 12.7. The van der Waals surface area contributed by atoms with Gasteiger partial charge in [0.25, 0.3) is 0 Å². The highest BCUT2D eigenvalue weighted by molar-refractivity contribution is 5.98. The van der Waals surface area contributed by atoms with Crippen LogP contribution >= 0.6 is 0 Å². The summed E-state index contributed by atoms with van der Waals surface area (Å²) < 4.78 is 6.25. The van der Waals surface area contributed by atoms with Crippen LogP contribution in [0.15, 0.2) is 54.6 Å². The number of hydrogen-bond donors (Lipinski definition) is 0. The van der Waals surface area contributed by atoms with Gasteiger partial charge in [0.15, 0.2) is 11.6 Å². The molecule has 3 nitrogen and oxygen atoms in total. The zero-order chi connectivity index (χ0) is 14.4. The minimum absolute atomic E-state index is 0.0462. The number of ketones is 2. The van der Waals surface area contributed by atoms with E-state index in [1.54, 1.807) is 0 Å². The molecule has 0 saturated carbocycles. The maximum Gasteiger partial charge on any atom is 0.162 e. The van der Waals surface area contributed by atoms with Crippen LogP contribution in [-0.2, 0) is 19.9 Å². The molecule has 4 rings (SSSR count). The average Bonchev–Trinajstić information content (AvgIpc) is 2.67. The van der Waals surface area contributed by atoms with Crippen molar-refractivity contribution in [1.82, 2.24) is 0 Å². The van der Waals surface area contributed by atoms with E-state index in [-0.39, 0.29) is 17.5 Å². The van der Waals surface area contributed by atoms with Gasteiger partial charge in [0.2, 0.25) is 0 Å². The summed E-state index contributed by atoms with van der Waals surface area (Å²) in [6.45, 7) is 0. The second-order valence-corrected chi connectivity index (χ2v) is 5.94. The van der Waals surface area contributed by atoms with Crippen molar-refractivity contribution in [2.75, 3.05) is 0 Å². The van der Waals surface area contributed by atoms with Crippen LogP contribution in [0.1, 0.15) is 18.4 Å². The Labute approximate surface area is 123 Å². The topological polar surface area (TPSA) is 43.4 Å². The Hall–Kier alpha value is -2.00. The SMILES string of the molecule is O=C1C2C=CC=C[C@@H]1[C@H]1OC2(c2ccccc2)CCC1=O. The highest BCUT2D eigenvalue weighted by Crippen LogP contribution is 2.50. The highest BCUT2D eigenvalue weighted by Gasteiger charge is 2.57. The van der Waals surface area contributed by atoms with Crippen LogP contribution in [0.3, 0.4) is 0 Å². The second-order valence-electron chi connectivity index (χ2n) is 5.94. The van der Waals surface area contributed by atoms with E-state index in [0.717, 1.165) is 5.56 Å². The molecule has 2 saturated heterocycles. The van der Waals surface area contributed by atoms with Gasteiger partial charge < -0.3 is 4.74 Å². The van der Waals surface area contributed by atoms with Gasteiger partial charge in [0.1, 0.15) is 11.7 Å². The summed E-state index contributed by atoms with van der Waals surface area (Å²) in [4.78, 5) is 25.0. The molecule has 4 atom stereocenters. The van der Waals surface area contributed by atoms with Gasteiger partial charge in [-0.05, 0) is 12.0 Å². The molecule has 3 heteroatoms. The Bertz CT molecular complexity index is 658. The number of rotatable bonds is 1. The fraction of sp³-hybridized carbons (Fsp3) is 0.333. The molecule has 0 spiro atoms. The summed E-state index contributed by atoms with van der Waals surface area (Å²) in [6, 6.07) is 9.84. The molecule has 1 aromatic carbocycles. The number of carbonyl (C=O) groups excluding carboxylic acids is 2. The Morgan fingerprint density at radius 1 is 1.05 bits per heavy atom. The predicted molar refractivity (Wildman–Crippen MR) is 77.5 cm³/mol. The standard InChI is InChI=1S/C18H16O3/c19-15-10-11-18(12-6-2-1-3-7-12)14-9-5-4-8-13(16(14)20)17(15)21-18/h1-9,13-14,17H,10-11H2/t13-,14?,17+,18?/m0/s1. The molecule has 2 fully saturated rings. The molecule has 1 aromatic rings. The first-order valence-electron chi connectivity index (χ1n) is 7.37. The minimum Gasteiger partial charge on any atom is -0.357 e. The number of carbonyl (C=O) groups is 2. The molecule has 2 aliphatic heterocycles. The van der Waals surface area contributed by atoms with Crippen LogP contribution in [0, 0.1) is 11.8 Å². The van der Waals surface area contributed by atoms with Gasteiger partial charge in [0, 0.05) is 6.42 Å². The van der Waals surface area contributed by atoms with Crippen LogP contribution in [0.2, 0.25) is 0 Å². The van der Waals surface area contributed by atoms with Crippen molar-refractivity contribution in [3.8, 4) is 0 Å². The van der Waals surface area contributed by atoms with E-state index in [0.29, 0.717) is 12.8 Å². The van der Waals surface area contributed by atoms with Crippen molar-refractivity contribution in [2.45, 2.75) is 24.5 Å². The third-order valence-electron chi connectivity index (χ3n) is 4.86. The quantitative estimate of drug-likeness (QED) is 0.794. The maximum atomic E-state index is 12.8. The second kappa shape index (κ2) is 4.50. The van der Waals surface area contributed by atoms with Crippen LogP contribution in [0.5, 0.6) is 0 Å². The molecule has 106 valence electrons. The summed E-state index contributed by atoms with van der Waals surface area (Å²) >= 11 is 0. The zero-order valence-corrected chi connectivity index (χ0v) is 11.6. The maximum absolute atomic E-state index is 12.8. The van der Waals surface area contributed by atoms with Crippen molar-refractivity contribution in [3.63, 3.8) is 0 Å². The predicted octanol–water partition coefficient (Wildman–Crippen LogP) is 2.57. The van der Waals surface area contributed by atoms with Crippen LogP contribution in [0.25, 0.3) is 0 Å². The van der Waals surface area contributed by atoms with Crippen molar-refractivity contribution in [3.05, 3.63) is 60.2 Å². The summed E-state index contributed by atoms with van der Waals surface area (Å²) in [5.74, 6) is -0.600. The number of benzene rings is 1. The number of fused-ring (bicyclic) bond motifs is 6. The fourth-order valence-electron chi connectivity index (χ4n) is 3.81. The Kier molecular flexibility index (Phi) is 2.73. The van der Waals surface area contributed by atoms with Crippen LogP contribution in [-0.4, -0.2) is 17.7 Å². The van der Waals surface area contributed by atoms with E-state index in [4.69, 9.17) is 4.74 Å². The third-order valence-corrected chi connectivity index (χ3v) is 4.86. The summed E-state index contributed by atoms with van der Waals surface area (Å²) in [7, 11) is 0. The van der Waals surface area contributed by atoms with E-state index >= 15 is 0 Å². The van der Waals surface area contributed by atoms with E-state index in [9.17, 15) is 9.59 Å². The molecule has 0 amide bonds. The van der Waals surface area contributed by atoms with Crippen LogP contribution < -0.4 is 0 Å². The molecule has 21 heavy (non-hydrogen) atoms. The van der Waals surface area contributed by atoms with E-state index in [2.05, 4.69) is 0 Å². The lowest BCUT2D eigenvalue weighted by molar-refractivity contribution is -0.201. The molecule has 3 aliphatic rings. The molecule has 0 radical (unpaired) electrons. The fourth-order valence-corrected chi connectivity index (χ4v) is 3.81. The van der Waals surface area contributed by atoms with Gasteiger partial charge in [-0.2, -0.15) is 0 Å². The summed E-state index contributed by atoms with van der Waals surface area (Å²) in [5, 5.41) is 0. The van der Waals surface area contributed by atoms with E-state index in [1.807, 2.05) is 54.6 Å². The lowest BCUT2D eigenvalue weighted by Gasteiger charge is -2.50. The van der Waals surface area contributed by atoms with Gasteiger partial charge in [-0.25, -0.2) is 0 Å². The van der Waals surface area contributed by atoms with Gasteiger partial charge >= 0.3 is 0 Å². The highest BCUT2D eigenvalue weighted by atomic mass is 16.5. The van der Waals surface area contributed by atoms with Gasteiger partial charge in [-0.3, -0.25) is 9.59 Å². The zero-order valence-electron chi connectivity index (χ0n) is 11.6. The number of allylic oxidation sites excluding steroid dienone is 2. The number of Topliss-reactive ketones (excluding diaryl/α,β-unsaturated/α-hetero) is 2. The first-order chi connectivity index (χ1) is 10.2. The van der Waals surface area contributed by atoms with Crippen LogP contribution in [0.4, 0.5) is 0 Å². The molecule has 0 N–H and O–H groups in total. The monoisotopic (exact) mass is 280 g/mol. The normalized spacial score (nSPS) is 37.4. The molecule has 2 heterocycles. The molecular formula is C18H16O3. The number of hydrogen-bond acceptors (Lipinski definition) is 3. The molecular weight excluding hydrogens is 264 g/mol. The minimum atomic E-state index is -0.685. The lowest BCUT2D eigenvalue weighted by atomic mass is 9.66. The lowest BCUT2D eigenvalue weighted by Crippen LogP contribution is -2.59. The third kappa shape index (κ3) is 1.70. The van der Waals surface area contributed by atoms with Gasteiger partial charge in [-0.1, -0.05) is 54.6 Å². The Morgan fingerprint density at radius 3 is 2.62 bits per heavy atom. The first-order valence-corrected chi connectivity index (χ1v) is 7.37. The van der Waals surface area contributed by atoms with Gasteiger partial charge in [-0.15, -0.1) is 0 Å². The summed E-state index contributed by atoms with van der Waals surface area (Å²) in [6.07, 6.45) is 7.92. The largest absolute Gasteiger partial charge is 0.357 e. The molecule has 1 aliphatic carbocycles. The molecule has 4 bridgehead atoms. The number of ether oxygens (including phenoxy) is 1. The smallest absolute Gasteiger partial charge is 0.162 e. The van der Waals surface area contributed by atoms with E-state index < -0.39 is 17.6 Å². The van der Waals surface area contributed by atoms with Crippen molar-refractivity contribution >= 4 is 11.6 Å². The average molecular weight is 280 g/mol. The Morgan fingerprint density at radius 2 is 1.81 bits per heavy atom. The summed E-state index contributed by atoms with van der Waals surface area (Å²) in [5.41, 5.74) is 0.307. The molecule has 2 unspecified atom stereocenters.